The first kappa shape index (κ1) is 13.8. The lowest BCUT2D eigenvalue weighted by Gasteiger charge is -1.77. The highest BCUT2D eigenvalue weighted by molar-refractivity contribution is 5.05. The molecule has 0 unspecified atom stereocenters. The van der Waals surface area contributed by atoms with Gasteiger partial charge < -0.3 is 0 Å². The summed E-state index contributed by atoms with van der Waals surface area (Å²) in [4.78, 5) is 0. The summed E-state index contributed by atoms with van der Waals surface area (Å²) < 4.78 is 0. The van der Waals surface area contributed by atoms with E-state index in [4.69, 9.17) is 0 Å². The van der Waals surface area contributed by atoms with E-state index in [0.717, 1.165) is 17.8 Å². The zero-order valence-corrected chi connectivity index (χ0v) is 9.23. The fraction of sp³-hybridized carbons (Fsp3) is 0.700. The van der Waals surface area contributed by atoms with E-state index in [-0.39, 0.29) is 0 Å². The molecule has 0 aliphatic carbocycles. The van der Waals surface area contributed by atoms with Crippen molar-refractivity contribution in [3.8, 4) is 0 Å². The summed E-state index contributed by atoms with van der Waals surface area (Å²) in [5, 5.41) is 6.88. The first-order valence-corrected chi connectivity index (χ1v) is 4.84. The van der Waals surface area contributed by atoms with Crippen LogP contribution in [-0.4, -0.2) is 10.2 Å². The maximum absolute atomic E-state index is 4.01. The summed E-state index contributed by atoms with van der Waals surface area (Å²) in [6.45, 7) is 12.1. The Labute approximate surface area is 76.4 Å². The number of aromatic amines is 1. The van der Waals surface area contributed by atoms with Crippen LogP contribution in [0.4, 0.5) is 0 Å². The SMILES string of the molecule is CC.CC.CCc1cc(C)[nH]n1. The molecule has 1 N–H and O–H groups in total. The van der Waals surface area contributed by atoms with Crippen LogP contribution in [0.25, 0.3) is 0 Å². The molecule has 0 saturated heterocycles. The monoisotopic (exact) mass is 170 g/mol. The predicted molar refractivity (Wildman–Crippen MR) is 55.4 cm³/mol. The number of hydrogen-bond acceptors (Lipinski definition) is 1. The van der Waals surface area contributed by atoms with Crippen LogP contribution >= 0.6 is 0 Å². The number of aromatic nitrogens is 2. The molecular weight excluding hydrogens is 148 g/mol. The zero-order chi connectivity index (χ0) is 9.98. The number of aryl methyl sites for hydroxylation is 2. The molecular formula is C10H22N2. The lowest BCUT2D eigenvalue weighted by Crippen LogP contribution is -1.76. The number of H-pyrrole nitrogens is 1. The Morgan fingerprint density at radius 2 is 1.75 bits per heavy atom. The predicted octanol–water partition coefficient (Wildman–Crippen LogP) is 3.33. The van der Waals surface area contributed by atoms with Gasteiger partial charge in [-0.2, -0.15) is 5.10 Å². The van der Waals surface area contributed by atoms with Crippen molar-refractivity contribution in [2.45, 2.75) is 48.0 Å². The molecule has 0 aliphatic heterocycles. The van der Waals surface area contributed by atoms with Crippen molar-refractivity contribution in [3.63, 3.8) is 0 Å². The summed E-state index contributed by atoms with van der Waals surface area (Å²) in [5.41, 5.74) is 2.28. The average Bonchev–Trinajstić information content (AvgIpc) is 2.58. The topological polar surface area (TPSA) is 28.7 Å². The molecule has 0 radical (unpaired) electrons. The third-order valence-corrected chi connectivity index (χ3v) is 1.12. The van der Waals surface area contributed by atoms with Crippen molar-refractivity contribution in [1.82, 2.24) is 10.2 Å². The van der Waals surface area contributed by atoms with Crippen LogP contribution < -0.4 is 0 Å². The molecule has 0 aromatic carbocycles. The maximum atomic E-state index is 4.01. The first-order chi connectivity index (χ1) is 5.83. The Hall–Kier alpha value is -0.790. The van der Waals surface area contributed by atoms with Gasteiger partial charge in [-0.1, -0.05) is 34.6 Å². The highest BCUT2D eigenvalue weighted by Gasteiger charge is 1.90. The maximum Gasteiger partial charge on any atom is 0.0622 e. The van der Waals surface area contributed by atoms with Crippen molar-refractivity contribution < 1.29 is 0 Å². The highest BCUT2D eigenvalue weighted by Crippen LogP contribution is 1.96. The smallest absolute Gasteiger partial charge is 0.0622 e. The van der Waals surface area contributed by atoms with Gasteiger partial charge in [0.05, 0.1) is 5.69 Å². The molecule has 0 aliphatic rings. The van der Waals surface area contributed by atoms with Crippen LogP contribution in [0.15, 0.2) is 6.07 Å². The van der Waals surface area contributed by atoms with Crippen molar-refractivity contribution in [2.24, 2.45) is 0 Å². The molecule has 2 heteroatoms. The van der Waals surface area contributed by atoms with Gasteiger partial charge in [-0.15, -0.1) is 0 Å². The third-order valence-electron chi connectivity index (χ3n) is 1.12. The molecule has 0 fully saturated rings. The Morgan fingerprint density at radius 3 is 1.92 bits per heavy atom. The normalized spacial score (nSPS) is 7.50. The fourth-order valence-corrected chi connectivity index (χ4v) is 0.656. The van der Waals surface area contributed by atoms with Crippen LogP contribution in [0.2, 0.25) is 0 Å². The van der Waals surface area contributed by atoms with Crippen LogP contribution in [0.3, 0.4) is 0 Å². The second-order valence-corrected chi connectivity index (χ2v) is 1.90. The Kier molecular flexibility index (Phi) is 11.7. The standard InChI is InChI=1S/C6H10N2.2C2H6/c1-3-6-4-5(2)7-8-6;2*1-2/h4H,3H2,1-2H3,(H,7,8);2*1-2H3. The van der Waals surface area contributed by atoms with E-state index in [1.54, 1.807) is 0 Å². The minimum atomic E-state index is 1.02. The van der Waals surface area contributed by atoms with Gasteiger partial charge in [-0.05, 0) is 19.4 Å². The van der Waals surface area contributed by atoms with Gasteiger partial charge in [-0.3, -0.25) is 5.10 Å². The van der Waals surface area contributed by atoms with Gasteiger partial charge in [0, 0.05) is 5.69 Å². The lowest BCUT2D eigenvalue weighted by atomic mass is 10.3. The van der Waals surface area contributed by atoms with E-state index >= 15 is 0 Å². The summed E-state index contributed by atoms with van der Waals surface area (Å²) >= 11 is 0. The molecule has 0 atom stereocenters. The average molecular weight is 170 g/mol. The van der Waals surface area contributed by atoms with Crippen molar-refractivity contribution in [3.05, 3.63) is 17.5 Å². The molecule has 1 heterocycles. The molecule has 0 bridgehead atoms. The molecule has 72 valence electrons. The van der Waals surface area contributed by atoms with Crippen LogP contribution in [0.5, 0.6) is 0 Å². The van der Waals surface area contributed by atoms with Crippen molar-refractivity contribution in [2.75, 3.05) is 0 Å². The Bertz CT molecular complexity index is 168. The van der Waals surface area contributed by atoms with Gasteiger partial charge in [-0.25, -0.2) is 0 Å². The van der Waals surface area contributed by atoms with Crippen LogP contribution in [0, 0.1) is 6.92 Å². The zero-order valence-electron chi connectivity index (χ0n) is 9.23. The molecule has 2 nitrogen and oxygen atoms in total. The van der Waals surface area contributed by atoms with E-state index in [1.165, 1.54) is 0 Å². The largest absolute Gasteiger partial charge is 0.283 e. The van der Waals surface area contributed by atoms with Gasteiger partial charge in [0.1, 0.15) is 0 Å². The molecule has 0 amide bonds. The van der Waals surface area contributed by atoms with Gasteiger partial charge in [0.15, 0.2) is 0 Å². The molecule has 1 aromatic heterocycles. The Balaban J connectivity index is 0. The van der Waals surface area contributed by atoms with Gasteiger partial charge in [0.25, 0.3) is 0 Å². The van der Waals surface area contributed by atoms with Crippen LogP contribution in [0.1, 0.15) is 46.0 Å². The third kappa shape index (κ3) is 5.96. The molecule has 0 spiro atoms. The Morgan fingerprint density at radius 1 is 1.25 bits per heavy atom. The second kappa shape index (κ2) is 10.2. The number of nitrogens with one attached hydrogen (secondary N) is 1. The molecule has 1 rings (SSSR count). The quantitative estimate of drug-likeness (QED) is 0.688. The summed E-state index contributed by atoms with van der Waals surface area (Å²) in [6.07, 6.45) is 1.02. The number of nitrogens with zero attached hydrogens (tertiary/aromatic N) is 1. The van der Waals surface area contributed by atoms with E-state index in [0.29, 0.717) is 0 Å². The molecule has 1 aromatic rings. The summed E-state index contributed by atoms with van der Waals surface area (Å²) in [6, 6.07) is 2.06. The number of hydrogen-bond donors (Lipinski definition) is 1. The van der Waals surface area contributed by atoms with Gasteiger partial charge >= 0.3 is 0 Å². The van der Waals surface area contributed by atoms with Gasteiger partial charge in [0.2, 0.25) is 0 Å². The van der Waals surface area contributed by atoms with E-state index in [2.05, 4.69) is 23.2 Å². The fourth-order valence-electron chi connectivity index (χ4n) is 0.656. The van der Waals surface area contributed by atoms with Crippen LogP contribution in [-0.2, 0) is 6.42 Å². The van der Waals surface area contributed by atoms with Crippen molar-refractivity contribution in [1.29, 1.82) is 0 Å². The minimum Gasteiger partial charge on any atom is -0.283 e. The van der Waals surface area contributed by atoms with E-state index < -0.39 is 0 Å². The highest BCUT2D eigenvalue weighted by atomic mass is 15.1. The number of rotatable bonds is 1. The summed E-state index contributed by atoms with van der Waals surface area (Å²) in [7, 11) is 0. The molecule has 12 heavy (non-hydrogen) atoms. The van der Waals surface area contributed by atoms with Crippen molar-refractivity contribution >= 4 is 0 Å². The summed E-state index contributed by atoms with van der Waals surface area (Å²) in [5.74, 6) is 0. The lowest BCUT2D eigenvalue weighted by molar-refractivity contribution is 0.962. The van der Waals surface area contributed by atoms with E-state index in [9.17, 15) is 0 Å². The minimum absolute atomic E-state index is 1.02. The van der Waals surface area contributed by atoms with E-state index in [1.807, 2.05) is 34.6 Å². The molecule has 0 saturated carbocycles. The second-order valence-electron chi connectivity index (χ2n) is 1.90. The first-order valence-electron chi connectivity index (χ1n) is 4.84.